The highest BCUT2D eigenvalue weighted by Gasteiger charge is 1.98. The summed E-state index contributed by atoms with van der Waals surface area (Å²) in [6.07, 6.45) is 1.89. The molecule has 0 bridgehead atoms. The minimum Gasteiger partial charge on any atom is -0.330 e. The van der Waals surface area contributed by atoms with E-state index in [4.69, 9.17) is 11.5 Å². The van der Waals surface area contributed by atoms with Gasteiger partial charge in [-0.3, -0.25) is 0 Å². The number of hydrogen-bond acceptors (Lipinski definition) is 2. The number of benzene rings is 2. The zero-order valence-corrected chi connectivity index (χ0v) is 11.9. The van der Waals surface area contributed by atoms with Crippen molar-refractivity contribution in [3.63, 3.8) is 0 Å². The fourth-order valence-electron chi connectivity index (χ4n) is 1.99. The Kier molecular flexibility index (Phi) is 7.96. The molecule has 0 atom stereocenters. The Morgan fingerprint density at radius 2 is 1.06 bits per heavy atom. The first kappa shape index (κ1) is 17.2. The molecule has 0 aliphatic carbocycles. The first-order chi connectivity index (χ1) is 7.83. The second-order valence-corrected chi connectivity index (χ2v) is 4.09. The van der Waals surface area contributed by atoms with E-state index in [0.717, 1.165) is 12.8 Å². The summed E-state index contributed by atoms with van der Waals surface area (Å²) in [5.41, 5.74) is 13.7. The molecule has 4 N–H and O–H groups in total. The van der Waals surface area contributed by atoms with Crippen LogP contribution in [0, 0.1) is 0 Å². The summed E-state index contributed by atoms with van der Waals surface area (Å²) in [5.74, 6) is 0. The molecule has 0 heterocycles. The molecule has 100 valence electrons. The molecule has 2 rings (SSSR count). The lowest BCUT2D eigenvalue weighted by molar-refractivity contribution is 0.968. The lowest BCUT2D eigenvalue weighted by Crippen LogP contribution is -2.03. The maximum absolute atomic E-state index is 5.55. The normalized spacial score (nSPS) is 9.67. The van der Waals surface area contributed by atoms with E-state index in [1.54, 1.807) is 0 Å². The third-order valence-corrected chi connectivity index (χ3v) is 2.84. The van der Waals surface area contributed by atoms with Crippen LogP contribution in [-0.4, -0.2) is 13.1 Å². The fourth-order valence-corrected chi connectivity index (χ4v) is 1.99. The second kappa shape index (κ2) is 8.33. The van der Waals surface area contributed by atoms with Gasteiger partial charge >= 0.3 is 0 Å². The van der Waals surface area contributed by atoms with E-state index in [0.29, 0.717) is 13.1 Å². The van der Waals surface area contributed by atoms with Crippen LogP contribution in [0.2, 0.25) is 0 Å². The average molecular weight is 287 g/mol. The predicted molar refractivity (Wildman–Crippen MR) is 84.0 cm³/mol. The van der Waals surface area contributed by atoms with Crippen molar-refractivity contribution in [2.45, 2.75) is 12.8 Å². The summed E-state index contributed by atoms with van der Waals surface area (Å²) in [4.78, 5) is 0. The molecule has 0 aliphatic heterocycles. The van der Waals surface area contributed by atoms with Crippen molar-refractivity contribution in [1.82, 2.24) is 0 Å². The van der Waals surface area contributed by atoms with Gasteiger partial charge in [-0.15, -0.1) is 24.8 Å². The average Bonchev–Trinajstić information content (AvgIpc) is 2.30. The van der Waals surface area contributed by atoms with E-state index >= 15 is 0 Å². The van der Waals surface area contributed by atoms with Crippen molar-refractivity contribution >= 4 is 35.6 Å². The van der Waals surface area contributed by atoms with Crippen molar-refractivity contribution in [1.29, 1.82) is 0 Å². The molecule has 0 spiro atoms. The SMILES string of the molecule is Cl.Cl.NCCc1ccc2cc(CCN)ccc2c1. The van der Waals surface area contributed by atoms with Gasteiger partial charge < -0.3 is 11.5 Å². The minimum atomic E-state index is 0. The Morgan fingerprint density at radius 3 is 1.39 bits per heavy atom. The highest BCUT2D eigenvalue weighted by atomic mass is 35.5. The van der Waals surface area contributed by atoms with Crippen LogP contribution < -0.4 is 11.5 Å². The van der Waals surface area contributed by atoms with Crippen molar-refractivity contribution in [3.05, 3.63) is 47.5 Å². The van der Waals surface area contributed by atoms with E-state index in [-0.39, 0.29) is 24.8 Å². The molecule has 0 aliphatic rings. The summed E-state index contributed by atoms with van der Waals surface area (Å²) in [6.45, 7) is 1.41. The van der Waals surface area contributed by atoms with Gasteiger partial charge in [0.05, 0.1) is 0 Å². The Morgan fingerprint density at radius 1 is 0.667 bits per heavy atom. The van der Waals surface area contributed by atoms with Crippen molar-refractivity contribution in [2.24, 2.45) is 11.5 Å². The van der Waals surface area contributed by atoms with Gasteiger partial charge in [-0.2, -0.15) is 0 Å². The molecule has 0 fully saturated rings. The number of nitrogens with two attached hydrogens (primary N) is 2. The zero-order chi connectivity index (χ0) is 11.4. The number of rotatable bonds is 4. The third-order valence-electron chi connectivity index (χ3n) is 2.84. The molecule has 2 nitrogen and oxygen atoms in total. The third kappa shape index (κ3) is 4.14. The number of fused-ring (bicyclic) bond motifs is 1. The second-order valence-electron chi connectivity index (χ2n) is 4.09. The lowest BCUT2D eigenvalue weighted by Gasteiger charge is -2.05. The lowest BCUT2D eigenvalue weighted by atomic mass is 10.0. The molecule has 2 aromatic rings. The number of halogens is 2. The molecule has 0 unspecified atom stereocenters. The van der Waals surface area contributed by atoms with E-state index in [2.05, 4.69) is 36.4 Å². The van der Waals surface area contributed by atoms with E-state index in [1.807, 2.05) is 0 Å². The van der Waals surface area contributed by atoms with Gasteiger partial charge in [-0.25, -0.2) is 0 Å². The van der Waals surface area contributed by atoms with Crippen LogP contribution in [-0.2, 0) is 12.8 Å². The molecule has 0 aromatic heterocycles. The maximum Gasteiger partial charge on any atom is -0.00367 e. The van der Waals surface area contributed by atoms with E-state index in [9.17, 15) is 0 Å². The predicted octanol–water partition coefficient (Wildman–Crippen LogP) is 2.69. The monoisotopic (exact) mass is 286 g/mol. The Balaban J connectivity index is 0.00000144. The summed E-state index contributed by atoms with van der Waals surface area (Å²) in [5, 5.41) is 2.57. The Bertz CT molecular complexity index is 441. The highest BCUT2D eigenvalue weighted by molar-refractivity contribution is 5.85. The van der Waals surface area contributed by atoms with Crippen molar-refractivity contribution < 1.29 is 0 Å². The van der Waals surface area contributed by atoms with Gasteiger partial charge in [0.25, 0.3) is 0 Å². The molecule has 2 aromatic carbocycles. The fraction of sp³-hybridized carbons (Fsp3) is 0.286. The standard InChI is InChI=1S/C14H18N2.2ClH/c15-7-5-11-1-3-13-10-12(6-8-16)2-4-14(13)9-11;;/h1-4,9-10H,5-8,15-16H2;2*1H. The molecule has 0 saturated heterocycles. The first-order valence-electron chi connectivity index (χ1n) is 5.75. The Labute approximate surface area is 121 Å². The zero-order valence-electron chi connectivity index (χ0n) is 10.3. The molecule has 0 saturated carbocycles. The first-order valence-corrected chi connectivity index (χ1v) is 5.75. The summed E-state index contributed by atoms with van der Waals surface area (Å²) >= 11 is 0. The van der Waals surface area contributed by atoms with Crippen LogP contribution in [0.3, 0.4) is 0 Å². The topological polar surface area (TPSA) is 52.0 Å². The van der Waals surface area contributed by atoms with E-state index < -0.39 is 0 Å². The quantitative estimate of drug-likeness (QED) is 0.908. The molecular formula is C14H20Cl2N2. The summed E-state index contributed by atoms with van der Waals surface area (Å²) in [7, 11) is 0. The van der Waals surface area contributed by atoms with Gasteiger partial charge in [-0.05, 0) is 47.8 Å². The molecular weight excluding hydrogens is 267 g/mol. The molecule has 0 amide bonds. The van der Waals surface area contributed by atoms with Gasteiger partial charge in [0.1, 0.15) is 0 Å². The van der Waals surface area contributed by atoms with Gasteiger partial charge in [0.15, 0.2) is 0 Å². The van der Waals surface area contributed by atoms with Crippen molar-refractivity contribution in [2.75, 3.05) is 13.1 Å². The molecule has 4 heteroatoms. The Hall–Kier alpha value is -0.800. The summed E-state index contributed by atoms with van der Waals surface area (Å²) in [6, 6.07) is 13.1. The van der Waals surface area contributed by atoms with Gasteiger partial charge in [-0.1, -0.05) is 36.4 Å². The molecule has 0 radical (unpaired) electrons. The minimum absolute atomic E-state index is 0. The van der Waals surface area contributed by atoms with Crippen LogP contribution in [0.5, 0.6) is 0 Å². The summed E-state index contributed by atoms with van der Waals surface area (Å²) < 4.78 is 0. The van der Waals surface area contributed by atoms with Crippen LogP contribution in [0.25, 0.3) is 10.8 Å². The van der Waals surface area contributed by atoms with Crippen molar-refractivity contribution in [3.8, 4) is 0 Å². The van der Waals surface area contributed by atoms with Crippen LogP contribution in [0.4, 0.5) is 0 Å². The highest BCUT2D eigenvalue weighted by Crippen LogP contribution is 2.18. The van der Waals surface area contributed by atoms with Crippen LogP contribution in [0.15, 0.2) is 36.4 Å². The van der Waals surface area contributed by atoms with Gasteiger partial charge in [0.2, 0.25) is 0 Å². The van der Waals surface area contributed by atoms with Crippen LogP contribution >= 0.6 is 24.8 Å². The molecule has 18 heavy (non-hydrogen) atoms. The van der Waals surface area contributed by atoms with Gasteiger partial charge in [0, 0.05) is 0 Å². The van der Waals surface area contributed by atoms with Crippen LogP contribution in [0.1, 0.15) is 11.1 Å². The maximum atomic E-state index is 5.55. The smallest absolute Gasteiger partial charge is 0.00367 e. The van der Waals surface area contributed by atoms with E-state index in [1.165, 1.54) is 21.9 Å². The largest absolute Gasteiger partial charge is 0.330 e. The number of hydrogen-bond donors (Lipinski definition) is 2.